The molecule has 1 amide bonds. The van der Waals surface area contributed by atoms with Crippen molar-refractivity contribution in [3.63, 3.8) is 0 Å². The highest BCUT2D eigenvalue weighted by Gasteiger charge is 2.24. The van der Waals surface area contributed by atoms with Gasteiger partial charge in [0.25, 0.3) is 5.91 Å². The maximum Gasteiger partial charge on any atom is 0.272 e. The number of amides is 1. The van der Waals surface area contributed by atoms with Gasteiger partial charge in [0.05, 0.1) is 0 Å². The number of pyridine rings is 1. The second kappa shape index (κ2) is 8.65. The van der Waals surface area contributed by atoms with Gasteiger partial charge in [-0.3, -0.25) is 9.78 Å². The molecule has 2 aromatic rings. The summed E-state index contributed by atoms with van der Waals surface area (Å²) in [5.41, 5.74) is 2.91. The van der Waals surface area contributed by atoms with Gasteiger partial charge in [-0.25, -0.2) is 0 Å². The zero-order valence-electron chi connectivity index (χ0n) is 14.9. The number of hydrogen-bond donors (Lipinski definition) is 1. The lowest BCUT2D eigenvalue weighted by Gasteiger charge is -2.32. The van der Waals surface area contributed by atoms with Gasteiger partial charge < -0.3 is 10.2 Å². The van der Waals surface area contributed by atoms with Crippen molar-refractivity contribution < 1.29 is 4.79 Å². The number of carbonyl (C=O) groups is 1. The summed E-state index contributed by atoms with van der Waals surface area (Å²) in [6.07, 6.45) is 6.01. The van der Waals surface area contributed by atoms with Crippen LogP contribution in [0.1, 0.15) is 42.2 Å². The summed E-state index contributed by atoms with van der Waals surface area (Å²) in [5.74, 6) is 0.718. The van der Waals surface area contributed by atoms with Crippen LogP contribution in [0.4, 0.5) is 5.69 Å². The molecule has 1 aliphatic heterocycles. The molecule has 0 bridgehead atoms. The van der Waals surface area contributed by atoms with Crippen molar-refractivity contribution in [3.8, 4) is 0 Å². The minimum absolute atomic E-state index is 0.0540. The van der Waals surface area contributed by atoms with E-state index in [-0.39, 0.29) is 5.91 Å². The van der Waals surface area contributed by atoms with Crippen LogP contribution in [0, 0.1) is 5.92 Å². The Morgan fingerprint density at radius 3 is 2.68 bits per heavy atom. The van der Waals surface area contributed by atoms with Gasteiger partial charge in [0.15, 0.2) is 0 Å². The Morgan fingerprint density at radius 2 is 1.96 bits per heavy atom. The second-order valence-electron chi connectivity index (χ2n) is 6.78. The largest absolute Gasteiger partial charge is 0.385 e. The van der Waals surface area contributed by atoms with Crippen LogP contribution in [-0.4, -0.2) is 35.4 Å². The zero-order chi connectivity index (χ0) is 17.5. The molecule has 0 saturated carbocycles. The first-order valence-corrected chi connectivity index (χ1v) is 9.29. The van der Waals surface area contributed by atoms with Crippen LogP contribution in [0.15, 0.2) is 48.7 Å². The van der Waals surface area contributed by atoms with Crippen molar-refractivity contribution in [1.29, 1.82) is 0 Å². The molecule has 0 unspecified atom stereocenters. The molecule has 1 saturated heterocycles. The molecule has 1 fully saturated rings. The highest BCUT2D eigenvalue weighted by molar-refractivity contribution is 5.93. The van der Waals surface area contributed by atoms with Crippen LogP contribution < -0.4 is 5.32 Å². The van der Waals surface area contributed by atoms with E-state index in [4.69, 9.17) is 0 Å². The van der Waals surface area contributed by atoms with E-state index in [9.17, 15) is 4.79 Å². The van der Waals surface area contributed by atoms with Gasteiger partial charge in [0, 0.05) is 31.5 Å². The number of piperidine rings is 1. The summed E-state index contributed by atoms with van der Waals surface area (Å²) in [5, 5.41) is 3.32. The van der Waals surface area contributed by atoms with Crippen molar-refractivity contribution in [2.75, 3.05) is 25.0 Å². The molecule has 0 atom stereocenters. The Bertz CT molecular complexity index is 679. The maximum absolute atomic E-state index is 12.7. The molecule has 2 heterocycles. The summed E-state index contributed by atoms with van der Waals surface area (Å²) in [6, 6.07) is 14.4. The average molecular weight is 337 g/mol. The number of carbonyl (C=O) groups excluding carboxylic acids is 1. The van der Waals surface area contributed by atoms with E-state index >= 15 is 0 Å². The van der Waals surface area contributed by atoms with Gasteiger partial charge >= 0.3 is 0 Å². The van der Waals surface area contributed by atoms with E-state index in [0.717, 1.165) is 51.0 Å². The number of nitrogens with zero attached hydrogens (tertiary/aromatic N) is 2. The average Bonchev–Trinajstić information content (AvgIpc) is 2.67. The van der Waals surface area contributed by atoms with Crippen LogP contribution in [-0.2, 0) is 6.42 Å². The van der Waals surface area contributed by atoms with Crippen LogP contribution >= 0.6 is 0 Å². The van der Waals surface area contributed by atoms with E-state index < -0.39 is 0 Å². The van der Waals surface area contributed by atoms with E-state index in [2.05, 4.69) is 47.6 Å². The van der Waals surface area contributed by atoms with Crippen molar-refractivity contribution in [1.82, 2.24) is 9.88 Å². The zero-order valence-corrected chi connectivity index (χ0v) is 14.9. The summed E-state index contributed by atoms with van der Waals surface area (Å²) in [6.45, 7) is 4.68. The molecule has 132 valence electrons. The third kappa shape index (κ3) is 4.81. The molecule has 1 aromatic carbocycles. The van der Waals surface area contributed by atoms with E-state index in [1.54, 1.807) is 6.20 Å². The Morgan fingerprint density at radius 1 is 1.20 bits per heavy atom. The van der Waals surface area contributed by atoms with Gasteiger partial charge in [-0.1, -0.05) is 37.3 Å². The molecule has 1 N–H and O–H groups in total. The minimum atomic E-state index is 0.0540. The monoisotopic (exact) mass is 337 g/mol. The molecule has 25 heavy (non-hydrogen) atoms. The van der Waals surface area contributed by atoms with E-state index in [1.807, 2.05) is 17.0 Å². The van der Waals surface area contributed by atoms with Crippen molar-refractivity contribution in [3.05, 3.63) is 59.9 Å². The number of hydrogen-bond acceptors (Lipinski definition) is 3. The Hall–Kier alpha value is -2.36. The van der Waals surface area contributed by atoms with Gasteiger partial charge in [0.1, 0.15) is 5.69 Å². The first-order chi connectivity index (χ1) is 12.3. The molecular formula is C21H27N3O. The Labute approximate surface area is 150 Å². The molecule has 4 nitrogen and oxygen atoms in total. The van der Waals surface area contributed by atoms with Crippen LogP contribution in [0.25, 0.3) is 0 Å². The number of nitrogens with one attached hydrogen (secondary N) is 1. The topological polar surface area (TPSA) is 45.2 Å². The van der Waals surface area contributed by atoms with E-state index in [1.165, 1.54) is 5.56 Å². The fraction of sp³-hybridized carbons (Fsp3) is 0.429. The lowest BCUT2D eigenvalue weighted by Crippen LogP contribution is -2.39. The SMILES string of the molecule is CCCNc1ccnc(C(=O)N2CCC(Cc3ccccc3)CC2)c1. The van der Waals surface area contributed by atoms with Crippen LogP contribution in [0.3, 0.4) is 0 Å². The highest BCUT2D eigenvalue weighted by Crippen LogP contribution is 2.23. The number of aromatic nitrogens is 1. The van der Waals surface area contributed by atoms with Gasteiger partial charge in [0.2, 0.25) is 0 Å². The minimum Gasteiger partial charge on any atom is -0.385 e. The molecule has 4 heteroatoms. The van der Waals surface area contributed by atoms with Gasteiger partial charge in [-0.2, -0.15) is 0 Å². The van der Waals surface area contributed by atoms with E-state index in [0.29, 0.717) is 11.6 Å². The maximum atomic E-state index is 12.7. The molecule has 3 rings (SSSR count). The normalized spacial score (nSPS) is 15.2. The predicted octanol–water partition coefficient (Wildman–Crippen LogP) is 4.00. The molecular weight excluding hydrogens is 310 g/mol. The fourth-order valence-electron chi connectivity index (χ4n) is 3.38. The lowest BCUT2D eigenvalue weighted by molar-refractivity contribution is 0.0684. The lowest BCUT2D eigenvalue weighted by atomic mass is 9.90. The van der Waals surface area contributed by atoms with Crippen LogP contribution in [0.2, 0.25) is 0 Å². The van der Waals surface area contributed by atoms with Crippen molar-refractivity contribution in [2.24, 2.45) is 5.92 Å². The first kappa shape index (κ1) is 17.5. The number of rotatable bonds is 6. The van der Waals surface area contributed by atoms with Gasteiger partial charge in [-0.05, 0) is 49.3 Å². The van der Waals surface area contributed by atoms with Gasteiger partial charge in [-0.15, -0.1) is 0 Å². The standard InChI is InChI=1S/C21H27N3O/c1-2-11-22-19-8-12-23-20(16-19)21(25)24-13-9-18(10-14-24)15-17-6-4-3-5-7-17/h3-8,12,16,18H,2,9-11,13-15H2,1H3,(H,22,23). The first-order valence-electron chi connectivity index (χ1n) is 9.29. The smallest absolute Gasteiger partial charge is 0.272 e. The Kier molecular flexibility index (Phi) is 6.04. The van der Waals surface area contributed by atoms with Crippen molar-refractivity contribution in [2.45, 2.75) is 32.6 Å². The molecule has 0 radical (unpaired) electrons. The number of benzene rings is 1. The molecule has 1 aliphatic rings. The fourth-order valence-corrected chi connectivity index (χ4v) is 3.38. The number of likely N-dealkylation sites (tertiary alicyclic amines) is 1. The molecule has 0 aliphatic carbocycles. The summed E-state index contributed by atoms with van der Waals surface area (Å²) in [4.78, 5) is 19.0. The molecule has 1 aromatic heterocycles. The summed E-state index contributed by atoms with van der Waals surface area (Å²) >= 11 is 0. The molecule has 0 spiro atoms. The summed E-state index contributed by atoms with van der Waals surface area (Å²) < 4.78 is 0. The predicted molar refractivity (Wildman–Crippen MR) is 102 cm³/mol. The highest BCUT2D eigenvalue weighted by atomic mass is 16.2. The number of anilines is 1. The second-order valence-corrected chi connectivity index (χ2v) is 6.78. The Balaban J connectivity index is 1.54. The summed E-state index contributed by atoms with van der Waals surface area (Å²) in [7, 11) is 0. The third-order valence-corrected chi connectivity index (χ3v) is 4.83. The quantitative estimate of drug-likeness (QED) is 0.866. The third-order valence-electron chi connectivity index (χ3n) is 4.83. The van der Waals surface area contributed by atoms with Crippen LogP contribution in [0.5, 0.6) is 0 Å². The van der Waals surface area contributed by atoms with Crippen molar-refractivity contribution >= 4 is 11.6 Å².